The van der Waals surface area contributed by atoms with Crippen molar-refractivity contribution in [1.29, 1.82) is 0 Å². The Morgan fingerprint density at radius 3 is 1.96 bits per heavy atom. The average Bonchev–Trinajstić information content (AvgIpc) is 3.41. The molecular formula is C63H105N3O16. The van der Waals surface area contributed by atoms with Gasteiger partial charge in [-0.05, 0) is 104 Å². The fraction of sp³-hybridized carbons (Fsp3) is 0.730. The molecule has 0 aromatic heterocycles. The maximum Gasteiger partial charge on any atom is 0.331 e. The molecule has 1 rings (SSSR count). The molecule has 0 saturated carbocycles. The molecule has 0 bridgehead atoms. The van der Waals surface area contributed by atoms with Crippen molar-refractivity contribution in [2.75, 3.05) is 63.2 Å². The highest BCUT2D eigenvalue weighted by Gasteiger charge is 2.39. The van der Waals surface area contributed by atoms with Crippen molar-refractivity contribution in [3.05, 3.63) is 60.4 Å². The molecule has 0 radical (unpaired) electrons. The standard InChI is InChI=1S/C63H105N3O16/c1-40-29-30-41(2)54(76-20)33-31-42(3)60(78-50(11)69)46(7)56(82-63(73)53(38-74-18)65(15)16)26-22-21-23-28-58(71)80-55(27-24-25-52(37-40)75-19)45(6)59(77-49(10)68)43(4)32-34-57(81-62(72)48(9)64(13)14)47(8)61(79-51(12)70)44(5)35-36-66(17)39-67/h21-25,28,30,35-36,39-40,42-48,52-57,59-61H,26-27,29,31-34,37-38H2,1-20H3/b22-21+,25-24+,28-23+,36-35+,41-30+/t40-,42-,43+,44-,45-,46-,47+,48?,52+,53?,54+,55+,56-,57-,59+,60-,61-/m1/s1. The zero-order chi connectivity index (χ0) is 62.4. The van der Waals surface area contributed by atoms with Gasteiger partial charge < -0.3 is 47.5 Å². The number of amides is 1. The Hall–Kier alpha value is -5.21. The normalized spacial score (nSPS) is 27.2. The van der Waals surface area contributed by atoms with E-state index in [9.17, 15) is 33.6 Å². The van der Waals surface area contributed by atoms with E-state index in [0.29, 0.717) is 32.1 Å². The molecule has 0 N–H and O–H groups in total. The molecule has 0 aromatic carbocycles. The van der Waals surface area contributed by atoms with E-state index >= 15 is 0 Å². The third-order valence-electron chi connectivity index (χ3n) is 15.7. The molecule has 17 atom stereocenters. The molecule has 1 heterocycles. The molecule has 19 nitrogen and oxygen atoms in total. The molecule has 0 spiro atoms. The minimum atomic E-state index is -0.818. The number of nitrogens with zero attached hydrogens (tertiary/aromatic N) is 3. The van der Waals surface area contributed by atoms with Crippen LogP contribution in [0.25, 0.3) is 0 Å². The van der Waals surface area contributed by atoms with Gasteiger partial charge in [0.15, 0.2) is 0 Å². The van der Waals surface area contributed by atoms with Crippen LogP contribution in [0.4, 0.5) is 0 Å². The van der Waals surface area contributed by atoms with Gasteiger partial charge in [0.25, 0.3) is 0 Å². The van der Waals surface area contributed by atoms with E-state index < -0.39 is 108 Å². The first kappa shape index (κ1) is 74.8. The van der Waals surface area contributed by atoms with Gasteiger partial charge in [0.1, 0.15) is 48.7 Å². The van der Waals surface area contributed by atoms with Gasteiger partial charge in [-0.2, -0.15) is 0 Å². The Bertz CT molecular complexity index is 2110. The van der Waals surface area contributed by atoms with Crippen molar-refractivity contribution in [2.45, 2.75) is 195 Å². The second kappa shape index (κ2) is 39.4. The average molecular weight is 1160 g/mol. The highest BCUT2D eigenvalue weighted by molar-refractivity contribution is 5.82. The lowest BCUT2D eigenvalue weighted by Crippen LogP contribution is -2.45. The predicted octanol–water partition coefficient (Wildman–Crippen LogP) is 8.88. The molecule has 1 aliphatic heterocycles. The van der Waals surface area contributed by atoms with Crippen LogP contribution in [-0.2, 0) is 76.2 Å². The molecule has 0 fully saturated rings. The summed E-state index contributed by atoms with van der Waals surface area (Å²) in [4.78, 5) is 95.8. The maximum absolute atomic E-state index is 13.9. The number of allylic oxidation sites excluding steroid dienone is 3. The van der Waals surface area contributed by atoms with Gasteiger partial charge in [-0.1, -0.05) is 91.0 Å². The van der Waals surface area contributed by atoms with Crippen molar-refractivity contribution in [3.63, 3.8) is 0 Å². The molecule has 0 aromatic rings. The molecule has 2 unspecified atom stereocenters. The van der Waals surface area contributed by atoms with Gasteiger partial charge in [0.2, 0.25) is 6.41 Å². The monoisotopic (exact) mass is 1160 g/mol. The SMILES string of the molecule is COCC(C(=O)O[C@@H]1C/C=C/C=C/C(=O)O[C@H]([C@@H](C)[C@@H](OC(C)=O)[C@@H](C)CC[C@@H](OC(=O)C(C)N(C)C)[C@H](C)[C@H](OC(C)=O)[C@H](C)/C=C/N(C)C=O)C/C=C/[C@H](OC)C[C@H](C)C/C=C(\C)[C@@H](OC)CC[C@@H](C)[C@@H](OC(C)=O)[C@@H]1C)N(C)C. The van der Waals surface area contributed by atoms with Crippen LogP contribution in [0, 0.1) is 41.4 Å². The number of hydrogen-bond donors (Lipinski definition) is 0. The minimum absolute atomic E-state index is 0.0962. The van der Waals surface area contributed by atoms with Gasteiger partial charge in [0, 0.05) is 97.9 Å². The fourth-order valence-electron chi connectivity index (χ4n) is 10.2. The second-order valence-corrected chi connectivity index (χ2v) is 23.1. The minimum Gasteiger partial charge on any atom is -0.462 e. The largest absolute Gasteiger partial charge is 0.462 e. The van der Waals surface area contributed by atoms with E-state index in [4.69, 9.17) is 42.6 Å². The number of cyclic esters (lactones) is 1. The molecule has 1 amide bonds. The summed E-state index contributed by atoms with van der Waals surface area (Å²) in [5.41, 5.74) is 1.07. The van der Waals surface area contributed by atoms with E-state index in [1.807, 2.05) is 53.7 Å². The summed E-state index contributed by atoms with van der Waals surface area (Å²) in [7, 11) is 13.5. The second-order valence-electron chi connectivity index (χ2n) is 23.1. The van der Waals surface area contributed by atoms with Gasteiger partial charge in [0.05, 0.1) is 18.8 Å². The predicted molar refractivity (Wildman–Crippen MR) is 316 cm³/mol. The van der Waals surface area contributed by atoms with Crippen molar-refractivity contribution < 1.29 is 76.2 Å². The summed E-state index contributed by atoms with van der Waals surface area (Å²) in [6, 6.07) is -1.30. The molecular weight excluding hydrogens is 1050 g/mol. The first-order valence-corrected chi connectivity index (χ1v) is 29.1. The lowest BCUT2D eigenvalue weighted by molar-refractivity contribution is -0.169. The number of esters is 6. The molecule has 19 heteroatoms. The Labute approximate surface area is 491 Å². The van der Waals surface area contributed by atoms with E-state index in [1.54, 1.807) is 90.6 Å². The van der Waals surface area contributed by atoms with Gasteiger partial charge in [-0.15, -0.1) is 0 Å². The van der Waals surface area contributed by atoms with Gasteiger partial charge in [-0.3, -0.25) is 38.6 Å². The van der Waals surface area contributed by atoms with Crippen LogP contribution >= 0.6 is 0 Å². The third-order valence-corrected chi connectivity index (χ3v) is 15.7. The molecule has 0 aliphatic carbocycles. The van der Waals surface area contributed by atoms with Crippen LogP contribution in [-0.4, -0.2) is 181 Å². The number of carbonyl (C=O) groups is 7. The van der Waals surface area contributed by atoms with Gasteiger partial charge in [-0.25, -0.2) is 4.79 Å². The Balaban J connectivity index is 3.96. The quantitative estimate of drug-likeness (QED) is 0.0361. The number of carbonyl (C=O) groups excluding carboxylic acids is 7. The lowest BCUT2D eigenvalue weighted by Gasteiger charge is -2.36. The van der Waals surface area contributed by atoms with E-state index in [0.717, 1.165) is 12.0 Å². The fourth-order valence-corrected chi connectivity index (χ4v) is 10.2. The highest BCUT2D eigenvalue weighted by atomic mass is 16.6. The summed E-state index contributed by atoms with van der Waals surface area (Å²) in [5, 5.41) is 0. The Morgan fingerprint density at radius 2 is 1.40 bits per heavy atom. The topological polar surface area (TPSA) is 212 Å². The van der Waals surface area contributed by atoms with E-state index in [1.165, 1.54) is 44.9 Å². The summed E-state index contributed by atoms with van der Waals surface area (Å²) >= 11 is 0. The number of hydrogen-bond acceptors (Lipinski definition) is 18. The summed E-state index contributed by atoms with van der Waals surface area (Å²) in [5.74, 6) is -5.46. The first-order chi connectivity index (χ1) is 38.5. The van der Waals surface area contributed by atoms with E-state index in [2.05, 4.69) is 19.9 Å². The van der Waals surface area contributed by atoms with Crippen LogP contribution in [0.15, 0.2) is 60.4 Å². The van der Waals surface area contributed by atoms with Crippen molar-refractivity contribution in [3.8, 4) is 0 Å². The lowest BCUT2D eigenvalue weighted by atomic mass is 9.82. The Kier molecular flexibility index (Phi) is 35.9. The van der Waals surface area contributed by atoms with Crippen molar-refractivity contribution in [1.82, 2.24) is 14.7 Å². The molecule has 0 saturated heterocycles. The number of methoxy groups -OCH3 is 3. The Morgan fingerprint density at radius 1 is 0.756 bits per heavy atom. The van der Waals surface area contributed by atoms with Crippen LogP contribution in [0.2, 0.25) is 0 Å². The highest BCUT2D eigenvalue weighted by Crippen LogP contribution is 2.33. The zero-order valence-corrected chi connectivity index (χ0v) is 53.3. The smallest absolute Gasteiger partial charge is 0.331 e. The van der Waals surface area contributed by atoms with Crippen molar-refractivity contribution >= 4 is 42.2 Å². The summed E-state index contributed by atoms with van der Waals surface area (Å²) < 4.78 is 54.1. The third kappa shape index (κ3) is 27.5. The number of ether oxygens (including phenoxy) is 9. The van der Waals surface area contributed by atoms with Crippen LogP contribution in [0.3, 0.4) is 0 Å². The van der Waals surface area contributed by atoms with Crippen molar-refractivity contribution in [2.24, 2.45) is 41.4 Å². The first-order valence-electron chi connectivity index (χ1n) is 29.1. The van der Waals surface area contributed by atoms with Crippen LogP contribution < -0.4 is 0 Å². The molecule has 82 heavy (non-hydrogen) atoms. The van der Waals surface area contributed by atoms with Crippen LogP contribution in [0.5, 0.6) is 0 Å². The molecule has 468 valence electrons. The van der Waals surface area contributed by atoms with Crippen LogP contribution in [0.1, 0.15) is 134 Å². The number of rotatable bonds is 25. The number of likely N-dealkylation sites (N-methyl/N-ethyl adjacent to an activating group) is 2. The summed E-state index contributed by atoms with van der Waals surface area (Å²) in [6.45, 7) is 21.5. The summed E-state index contributed by atoms with van der Waals surface area (Å²) in [6.07, 6.45) is 15.2. The zero-order valence-electron chi connectivity index (χ0n) is 53.3. The maximum atomic E-state index is 13.9. The molecule has 1 aliphatic rings. The van der Waals surface area contributed by atoms with E-state index in [-0.39, 0.29) is 55.8 Å². The van der Waals surface area contributed by atoms with Gasteiger partial charge >= 0.3 is 35.8 Å².